The number of likely N-dealkylation sites (tertiary alicyclic amines) is 1. The van der Waals surface area contributed by atoms with E-state index in [1.807, 2.05) is 13.8 Å². The molecule has 2 atom stereocenters. The summed E-state index contributed by atoms with van der Waals surface area (Å²) >= 11 is 0. The summed E-state index contributed by atoms with van der Waals surface area (Å²) in [5.74, 6) is 1.62. The van der Waals surface area contributed by atoms with Crippen molar-refractivity contribution in [2.24, 2.45) is 5.92 Å². The third kappa shape index (κ3) is 2.27. The number of carbonyl (C=O) groups excluding carboxylic acids is 1. The van der Waals surface area contributed by atoms with Gasteiger partial charge in [0.15, 0.2) is 0 Å². The van der Waals surface area contributed by atoms with Gasteiger partial charge in [-0.3, -0.25) is 4.79 Å². The first-order valence-corrected chi connectivity index (χ1v) is 7.08. The van der Waals surface area contributed by atoms with E-state index in [-0.39, 0.29) is 5.91 Å². The second-order valence-electron chi connectivity index (χ2n) is 5.69. The highest BCUT2D eigenvalue weighted by Gasteiger charge is 2.37. The van der Waals surface area contributed by atoms with E-state index < -0.39 is 0 Å². The molecule has 0 spiro atoms. The highest BCUT2D eigenvalue weighted by molar-refractivity contribution is 5.79. The fraction of sp³-hybridized carbons (Fsp3) is 0.714. The Morgan fingerprint density at radius 1 is 1.47 bits per heavy atom. The van der Waals surface area contributed by atoms with Gasteiger partial charge in [-0.25, -0.2) is 0 Å². The molecular weight excluding hydrogens is 242 g/mol. The van der Waals surface area contributed by atoms with Crippen LogP contribution in [-0.2, 0) is 11.2 Å². The Morgan fingerprint density at radius 2 is 2.32 bits per heavy atom. The lowest BCUT2D eigenvalue weighted by Gasteiger charge is -2.37. The van der Waals surface area contributed by atoms with Crippen LogP contribution in [0.4, 0.5) is 0 Å². The Labute approximate surface area is 113 Å². The normalized spacial score (nSPS) is 26.5. The number of piperidine rings is 1. The quantitative estimate of drug-likeness (QED) is 0.866. The van der Waals surface area contributed by atoms with Crippen LogP contribution in [-0.4, -0.2) is 41.6 Å². The second-order valence-corrected chi connectivity index (χ2v) is 5.69. The maximum atomic E-state index is 12.5. The standard InChI is InChI=1S/C14H21N3O2/c1-9-12(10(2)19-16-9)6-14(18)17-5-3-4-11-7-15-8-13(11)17/h11,13,15H,3-8H2,1-2H3. The number of carbonyl (C=O) groups is 1. The first kappa shape index (κ1) is 12.7. The number of nitrogens with one attached hydrogen (secondary N) is 1. The summed E-state index contributed by atoms with van der Waals surface area (Å²) in [5, 5.41) is 7.33. The van der Waals surface area contributed by atoms with E-state index in [1.165, 1.54) is 6.42 Å². The van der Waals surface area contributed by atoms with Gasteiger partial charge in [-0.1, -0.05) is 5.16 Å². The molecule has 2 aliphatic rings. The van der Waals surface area contributed by atoms with Crippen LogP contribution in [0.5, 0.6) is 0 Å². The van der Waals surface area contributed by atoms with Crippen LogP contribution in [0.15, 0.2) is 4.52 Å². The zero-order valence-corrected chi connectivity index (χ0v) is 11.6. The molecule has 104 valence electrons. The molecule has 5 nitrogen and oxygen atoms in total. The highest BCUT2D eigenvalue weighted by Crippen LogP contribution is 2.27. The van der Waals surface area contributed by atoms with E-state index >= 15 is 0 Å². The Hall–Kier alpha value is -1.36. The van der Waals surface area contributed by atoms with Crippen molar-refractivity contribution in [2.75, 3.05) is 19.6 Å². The van der Waals surface area contributed by atoms with Crippen molar-refractivity contribution in [3.8, 4) is 0 Å². The summed E-state index contributed by atoms with van der Waals surface area (Å²) in [6.07, 6.45) is 2.79. The van der Waals surface area contributed by atoms with Crippen molar-refractivity contribution >= 4 is 5.91 Å². The molecule has 5 heteroatoms. The van der Waals surface area contributed by atoms with Crippen molar-refractivity contribution in [1.29, 1.82) is 0 Å². The third-order valence-electron chi connectivity index (χ3n) is 4.51. The number of aromatic nitrogens is 1. The van der Waals surface area contributed by atoms with Crippen LogP contribution in [0, 0.1) is 19.8 Å². The van der Waals surface area contributed by atoms with E-state index in [0.29, 0.717) is 18.4 Å². The van der Waals surface area contributed by atoms with Gasteiger partial charge in [0.1, 0.15) is 5.76 Å². The number of rotatable bonds is 2. The van der Waals surface area contributed by atoms with Crippen molar-refractivity contribution < 1.29 is 9.32 Å². The molecule has 0 aliphatic carbocycles. The molecule has 2 saturated heterocycles. The Balaban J connectivity index is 1.73. The molecule has 2 unspecified atom stereocenters. The van der Waals surface area contributed by atoms with Crippen LogP contribution < -0.4 is 5.32 Å². The lowest BCUT2D eigenvalue weighted by Crippen LogP contribution is -2.48. The SMILES string of the molecule is Cc1noc(C)c1CC(=O)N1CCCC2CNCC21. The van der Waals surface area contributed by atoms with Gasteiger partial charge in [-0.05, 0) is 32.6 Å². The molecule has 3 heterocycles. The molecule has 0 aromatic carbocycles. The van der Waals surface area contributed by atoms with E-state index in [9.17, 15) is 4.79 Å². The van der Waals surface area contributed by atoms with Gasteiger partial charge in [0.2, 0.25) is 5.91 Å². The van der Waals surface area contributed by atoms with Crippen molar-refractivity contribution in [2.45, 2.75) is 39.2 Å². The molecule has 2 aliphatic heterocycles. The zero-order valence-electron chi connectivity index (χ0n) is 11.6. The van der Waals surface area contributed by atoms with Crippen molar-refractivity contribution in [3.05, 3.63) is 17.0 Å². The van der Waals surface area contributed by atoms with E-state index in [2.05, 4.69) is 15.4 Å². The highest BCUT2D eigenvalue weighted by atomic mass is 16.5. The summed E-state index contributed by atoms with van der Waals surface area (Å²) in [5.41, 5.74) is 1.79. The molecule has 19 heavy (non-hydrogen) atoms. The first-order valence-electron chi connectivity index (χ1n) is 7.08. The average Bonchev–Trinajstić information content (AvgIpc) is 2.99. The van der Waals surface area contributed by atoms with Crippen LogP contribution in [0.25, 0.3) is 0 Å². The number of aryl methyl sites for hydroxylation is 2. The molecular formula is C14H21N3O2. The summed E-state index contributed by atoms with van der Waals surface area (Å²) in [6.45, 7) is 6.66. The minimum absolute atomic E-state index is 0.216. The Morgan fingerprint density at radius 3 is 3.05 bits per heavy atom. The van der Waals surface area contributed by atoms with Gasteiger partial charge < -0.3 is 14.7 Å². The number of fused-ring (bicyclic) bond motifs is 1. The summed E-state index contributed by atoms with van der Waals surface area (Å²) in [7, 11) is 0. The van der Waals surface area contributed by atoms with Gasteiger partial charge in [0.25, 0.3) is 0 Å². The van der Waals surface area contributed by atoms with Gasteiger partial charge in [-0.15, -0.1) is 0 Å². The maximum absolute atomic E-state index is 12.5. The molecule has 3 rings (SSSR count). The number of nitrogens with zero attached hydrogens (tertiary/aromatic N) is 2. The first-order chi connectivity index (χ1) is 9.16. The topological polar surface area (TPSA) is 58.4 Å². The molecule has 0 radical (unpaired) electrons. The van der Waals surface area contributed by atoms with Crippen molar-refractivity contribution in [1.82, 2.24) is 15.4 Å². The van der Waals surface area contributed by atoms with E-state index in [1.54, 1.807) is 0 Å². The largest absolute Gasteiger partial charge is 0.361 e. The molecule has 0 bridgehead atoms. The molecule has 1 N–H and O–H groups in total. The Kier molecular flexibility index (Phi) is 3.31. The van der Waals surface area contributed by atoms with E-state index in [0.717, 1.165) is 43.1 Å². The van der Waals surface area contributed by atoms with Crippen LogP contribution in [0.3, 0.4) is 0 Å². The molecule has 1 aromatic rings. The monoisotopic (exact) mass is 263 g/mol. The molecule has 1 amide bonds. The number of amides is 1. The van der Waals surface area contributed by atoms with Gasteiger partial charge in [0.05, 0.1) is 12.1 Å². The number of hydrogen-bond acceptors (Lipinski definition) is 4. The maximum Gasteiger partial charge on any atom is 0.227 e. The second kappa shape index (κ2) is 4.96. The fourth-order valence-electron chi connectivity index (χ4n) is 3.38. The summed E-state index contributed by atoms with van der Waals surface area (Å²) in [4.78, 5) is 14.6. The minimum Gasteiger partial charge on any atom is -0.361 e. The molecule has 0 saturated carbocycles. The smallest absolute Gasteiger partial charge is 0.227 e. The van der Waals surface area contributed by atoms with Crippen molar-refractivity contribution in [3.63, 3.8) is 0 Å². The van der Waals surface area contributed by atoms with Gasteiger partial charge in [-0.2, -0.15) is 0 Å². The fourth-order valence-corrected chi connectivity index (χ4v) is 3.38. The third-order valence-corrected chi connectivity index (χ3v) is 4.51. The average molecular weight is 263 g/mol. The summed E-state index contributed by atoms with van der Waals surface area (Å²) in [6, 6.07) is 0.390. The Bertz CT molecular complexity index is 464. The predicted octanol–water partition coefficient (Wildman–Crippen LogP) is 1.04. The molecule has 2 fully saturated rings. The number of hydrogen-bond donors (Lipinski definition) is 1. The minimum atomic E-state index is 0.216. The molecule has 1 aromatic heterocycles. The van der Waals surface area contributed by atoms with Gasteiger partial charge >= 0.3 is 0 Å². The van der Waals surface area contributed by atoms with E-state index in [4.69, 9.17) is 4.52 Å². The van der Waals surface area contributed by atoms with Crippen LogP contribution >= 0.6 is 0 Å². The zero-order chi connectivity index (χ0) is 13.4. The lowest BCUT2D eigenvalue weighted by molar-refractivity contribution is -0.134. The predicted molar refractivity (Wildman–Crippen MR) is 70.8 cm³/mol. The van der Waals surface area contributed by atoms with Crippen LogP contribution in [0.2, 0.25) is 0 Å². The summed E-state index contributed by atoms with van der Waals surface area (Å²) < 4.78 is 5.14. The van der Waals surface area contributed by atoms with Gasteiger partial charge in [0, 0.05) is 31.2 Å². The van der Waals surface area contributed by atoms with Crippen LogP contribution in [0.1, 0.15) is 29.9 Å². The lowest BCUT2D eigenvalue weighted by atomic mass is 9.91.